The number of nitrogens with one attached hydrogen (secondary N) is 2. The first kappa shape index (κ1) is 74.8. The molecule has 4 aliphatic heterocycles. The lowest BCUT2D eigenvalue weighted by molar-refractivity contribution is -0.305. The Morgan fingerprint density at radius 2 is 1.47 bits per heavy atom. The molecule has 1 amide bonds. The maximum atomic E-state index is 16.1. The molecule has 4 fully saturated rings. The lowest BCUT2D eigenvalue weighted by Gasteiger charge is -2.45. The molecule has 1 aromatic carbocycles. The van der Waals surface area contributed by atoms with E-state index in [4.69, 9.17) is 56.9 Å². The number of hydrogen-bond donors (Lipinski definition) is 4. The van der Waals surface area contributed by atoms with Gasteiger partial charge in [0, 0.05) is 76.4 Å². The van der Waals surface area contributed by atoms with Gasteiger partial charge in [0.2, 0.25) is 10.0 Å². The van der Waals surface area contributed by atoms with E-state index in [9.17, 15) is 28.2 Å². The molecule has 2 unspecified atom stereocenters. The molecule has 4 aliphatic rings. The number of alkyl carbamates (subject to hydrolysis) is 1. The van der Waals surface area contributed by atoms with Crippen molar-refractivity contribution in [2.24, 2.45) is 46.6 Å². The van der Waals surface area contributed by atoms with Crippen LogP contribution >= 0.6 is 0 Å². The molecule has 24 nitrogen and oxygen atoms in total. The van der Waals surface area contributed by atoms with E-state index < -0.39 is 160 Å². The number of sulfonamides is 1. The highest BCUT2D eigenvalue weighted by Crippen LogP contribution is 2.41. The van der Waals surface area contributed by atoms with Crippen LogP contribution < -0.4 is 10.0 Å². The zero-order valence-electron chi connectivity index (χ0n) is 55.7. The molecule has 0 radical (unpaired) electrons. The second-order valence-electron chi connectivity index (χ2n) is 26.7. The van der Waals surface area contributed by atoms with Crippen LogP contribution in [0.1, 0.15) is 143 Å². The summed E-state index contributed by atoms with van der Waals surface area (Å²) >= 11 is 0. The highest BCUT2D eigenvalue weighted by atomic mass is 32.2. The van der Waals surface area contributed by atoms with E-state index in [1.54, 1.807) is 80.5 Å². The van der Waals surface area contributed by atoms with Crippen LogP contribution in [-0.2, 0) is 81.3 Å². The van der Waals surface area contributed by atoms with E-state index in [0.717, 1.165) is 0 Å². The van der Waals surface area contributed by atoms with Gasteiger partial charge in [0.25, 0.3) is 0 Å². The molecule has 4 N–H and O–H groups in total. The fourth-order valence-corrected chi connectivity index (χ4v) is 14.1. The third-order valence-electron chi connectivity index (χ3n) is 17.5. The number of cyclic esters (lactones) is 1. The Balaban J connectivity index is 1.72. The summed E-state index contributed by atoms with van der Waals surface area (Å²) in [5.74, 6) is -8.11. The fraction of sp³-hybridized carbons (Fsp3) is 0.825. The molecule has 88 heavy (non-hydrogen) atoms. The van der Waals surface area contributed by atoms with Crippen LogP contribution in [0.25, 0.3) is 0 Å². The van der Waals surface area contributed by atoms with E-state index in [2.05, 4.69) is 40.9 Å². The number of ether oxygens (including phenoxy) is 11. The number of amides is 1. The smallest absolute Gasteiger partial charge is 0.408 e. The van der Waals surface area contributed by atoms with E-state index in [0.29, 0.717) is 13.0 Å². The van der Waals surface area contributed by atoms with E-state index in [1.165, 1.54) is 40.4 Å². The Bertz CT molecular complexity index is 2550. The van der Waals surface area contributed by atoms with Gasteiger partial charge in [-0.05, 0) is 99.6 Å². The maximum Gasteiger partial charge on any atom is 0.408 e. The number of ketones is 1. The van der Waals surface area contributed by atoms with E-state index in [1.807, 2.05) is 27.7 Å². The van der Waals surface area contributed by atoms with Crippen molar-refractivity contribution in [2.75, 3.05) is 41.0 Å². The Labute approximate surface area is 522 Å². The molecule has 22 atom stereocenters. The third kappa shape index (κ3) is 19.5. The first-order valence-electron chi connectivity index (χ1n) is 31.2. The van der Waals surface area contributed by atoms with Crippen molar-refractivity contribution < 1.29 is 94.8 Å². The minimum atomic E-state index is -4.03. The zero-order valence-corrected chi connectivity index (χ0v) is 56.5. The number of benzene rings is 1. The highest BCUT2D eigenvalue weighted by molar-refractivity contribution is 7.89. The monoisotopic (exact) mass is 1270 g/mol. The van der Waals surface area contributed by atoms with Gasteiger partial charge in [-0.3, -0.25) is 19.3 Å². The Kier molecular flexibility index (Phi) is 27.7. The number of oxime groups is 1. The number of esters is 2. The maximum absolute atomic E-state index is 16.1. The Morgan fingerprint density at radius 3 is 2.07 bits per heavy atom. The summed E-state index contributed by atoms with van der Waals surface area (Å²) in [5.41, 5.74) is -3.19. The molecular weight excluding hydrogens is 1160 g/mol. The lowest BCUT2D eigenvalue weighted by Crippen LogP contribution is -2.59. The van der Waals surface area contributed by atoms with Crippen LogP contribution in [0.4, 0.5) is 4.79 Å². The molecule has 504 valence electrons. The standard InChI is InChI=1S/C63H106N4O20S/c1-33(2)26-47(68)83-53-41(11)52(36(6)31-79-60-56(77-19)55(76-18)49(69)44(14)82-60)85-58(72)43(13)54(84-48-27-37(7)67(34(3)4)30-39(9)80-48)40(10)51(86-59-50(70)46(66-78-20)28-38(8)81-59)35(5)29-63(17,57(71)42(53)12)87-61(73)65-62(15,16)32-64-88(74,75)45-24-22-21-23-25-45/h21-25,33-44,48-56,59-60,64,69-70H,26-32H2,1-20H3,(H,65,73)/b66-46+/t35-,36?,37?,38+,39-,40+,41-,42+,43+,44+,48-,49+,50+,51-,52+,53+,54-,55+,56+,59-,60+,63-/m0/s1. The molecule has 0 aromatic heterocycles. The van der Waals surface area contributed by atoms with Crippen molar-refractivity contribution in [1.29, 1.82) is 0 Å². The summed E-state index contributed by atoms with van der Waals surface area (Å²) < 4.78 is 100. The van der Waals surface area contributed by atoms with E-state index >= 15 is 9.59 Å². The number of aliphatic hydroxyl groups excluding tert-OH is 2. The highest BCUT2D eigenvalue weighted by Gasteiger charge is 2.53. The summed E-state index contributed by atoms with van der Waals surface area (Å²) in [6.07, 6.45) is -14.7. The van der Waals surface area contributed by atoms with Crippen molar-refractivity contribution in [3.8, 4) is 0 Å². The molecule has 0 bridgehead atoms. The fourth-order valence-electron chi connectivity index (χ4n) is 12.8. The largest absolute Gasteiger partial charge is 0.461 e. The predicted octanol–water partition coefficient (Wildman–Crippen LogP) is 6.54. The summed E-state index contributed by atoms with van der Waals surface area (Å²) in [6, 6.07) is 7.87. The van der Waals surface area contributed by atoms with Gasteiger partial charge in [0.15, 0.2) is 30.3 Å². The molecule has 0 spiro atoms. The normalized spacial score (nSPS) is 37.1. The Morgan fingerprint density at radius 1 is 0.818 bits per heavy atom. The van der Waals surface area contributed by atoms with Gasteiger partial charge in [0.05, 0.1) is 65.1 Å². The molecule has 4 saturated heterocycles. The van der Waals surface area contributed by atoms with Crippen molar-refractivity contribution >= 4 is 39.6 Å². The summed E-state index contributed by atoms with van der Waals surface area (Å²) in [7, 11) is 0.207. The first-order valence-corrected chi connectivity index (χ1v) is 32.7. The quantitative estimate of drug-likeness (QED) is 0.0577. The molecular formula is C63H106N4O20S. The number of hydrogen-bond acceptors (Lipinski definition) is 22. The van der Waals surface area contributed by atoms with Crippen LogP contribution in [0.5, 0.6) is 0 Å². The van der Waals surface area contributed by atoms with E-state index in [-0.39, 0.29) is 67.1 Å². The molecule has 0 aliphatic carbocycles. The number of aliphatic hydroxyl groups is 2. The average Bonchev–Trinajstić information content (AvgIpc) is 1.46. The summed E-state index contributed by atoms with van der Waals surface area (Å²) in [5, 5.41) is 29.8. The SMILES string of the molecule is CO/N=C1\C[C@@H](C)O[C@@H](O[C@@H]2[C@@H](C)[C@H](O[C@H]3CC(C)N(C(C)C)C[C@H](C)O3)[C@@H](C)C(=O)O[C@H](C(C)CO[C@@H]3O[C@H](C)[C@@H](O)[C@@H](OC)[C@H]3OC)[C@H](C)[C@@H](OC(=O)CC(C)C)[C@@H](C)C(=O)[C@@](C)(OC(=O)NC(C)(C)CNS(=O)(=O)c3ccccc3)C[C@@H]2C)[C@@H]1O. The second kappa shape index (κ2) is 32.5. The first-order chi connectivity index (χ1) is 41.1. The van der Waals surface area contributed by atoms with Gasteiger partial charge in [-0.2, -0.15) is 0 Å². The number of nitrogens with zero attached hydrogens (tertiary/aromatic N) is 2. The summed E-state index contributed by atoms with van der Waals surface area (Å²) in [4.78, 5) is 68.0. The van der Waals surface area contributed by atoms with Crippen LogP contribution in [-0.4, -0.2) is 203 Å². The molecule has 4 heterocycles. The number of methoxy groups -OCH3 is 2. The zero-order chi connectivity index (χ0) is 65.9. The minimum absolute atomic E-state index is 0.0130. The average molecular weight is 1270 g/mol. The van der Waals surface area contributed by atoms with Crippen LogP contribution in [0.15, 0.2) is 40.4 Å². The predicted molar refractivity (Wildman–Crippen MR) is 325 cm³/mol. The molecule has 5 rings (SSSR count). The van der Waals surface area contributed by atoms with Gasteiger partial charge in [0.1, 0.15) is 43.7 Å². The van der Waals surface area contributed by atoms with Crippen LogP contribution in [0, 0.1) is 41.4 Å². The lowest BCUT2D eigenvalue weighted by atomic mass is 9.74. The van der Waals surface area contributed by atoms with Crippen molar-refractivity contribution in [1.82, 2.24) is 14.9 Å². The number of Topliss-reactive ketones (excluding diaryl/α,β-unsaturated/α-hetero) is 1. The van der Waals surface area contributed by atoms with Crippen LogP contribution in [0.2, 0.25) is 0 Å². The van der Waals surface area contributed by atoms with Crippen molar-refractivity contribution in [3.05, 3.63) is 30.3 Å². The summed E-state index contributed by atoms with van der Waals surface area (Å²) in [6.45, 7) is 30.5. The number of rotatable bonds is 21. The number of carbonyl (C=O) groups excluding carboxylic acids is 4. The molecule has 25 heteroatoms. The van der Waals surface area contributed by atoms with Crippen molar-refractivity contribution in [2.45, 2.75) is 258 Å². The number of carbonyl (C=O) groups is 4. The topological polar surface area (TPSA) is 293 Å². The molecule has 1 aromatic rings. The second-order valence-corrected chi connectivity index (χ2v) is 28.4. The van der Waals surface area contributed by atoms with Crippen molar-refractivity contribution in [3.63, 3.8) is 0 Å². The van der Waals surface area contributed by atoms with Gasteiger partial charge in [-0.1, -0.05) is 71.8 Å². The van der Waals surface area contributed by atoms with Gasteiger partial charge in [-0.15, -0.1) is 0 Å². The minimum Gasteiger partial charge on any atom is -0.461 e. The Hall–Kier alpha value is -3.96. The van der Waals surface area contributed by atoms with Crippen LogP contribution in [0.3, 0.4) is 0 Å². The van der Waals surface area contributed by atoms with Gasteiger partial charge in [-0.25, -0.2) is 17.9 Å². The van der Waals surface area contributed by atoms with Gasteiger partial charge < -0.3 is 72.5 Å². The van der Waals surface area contributed by atoms with Gasteiger partial charge >= 0.3 is 18.0 Å². The molecule has 0 saturated carbocycles. The third-order valence-corrected chi connectivity index (χ3v) is 18.9.